The quantitative estimate of drug-likeness (QED) is 0.724. The summed E-state index contributed by atoms with van der Waals surface area (Å²) in [5.41, 5.74) is 2.85. The van der Waals surface area contributed by atoms with Crippen molar-refractivity contribution in [3.63, 3.8) is 0 Å². The zero-order valence-corrected chi connectivity index (χ0v) is 18.1. The van der Waals surface area contributed by atoms with Crippen LogP contribution in [0.2, 0.25) is 5.02 Å². The normalized spacial score (nSPS) is 15.2. The van der Waals surface area contributed by atoms with Gasteiger partial charge in [-0.15, -0.1) is 0 Å². The Kier molecular flexibility index (Phi) is 7.40. The zero-order valence-electron chi connectivity index (χ0n) is 17.3. The molecule has 0 aliphatic carbocycles. The smallest absolute Gasteiger partial charge is 0.251 e. The highest BCUT2D eigenvalue weighted by Crippen LogP contribution is 2.27. The summed E-state index contributed by atoms with van der Waals surface area (Å²) in [6, 6.07) is 11.7. The first-order chi connectivity index (χ1) is 14.0. The van der Waals surface area contributed by atoms with E-state index in [1.165, 1.54) is 5.56 Å². The van der Waals surface area contributed by atoms with Crippen molar-refractivity contribution in [2.75, 3.05) is 26.8 Å². The second kappa shape index (κ2) is 9.99. The van der Waals surface area contributed by atoms with Gasteiger partial charge in [0.2, 0.25) is 0 Å². The maximum atomic E-state index is 12.6. The third-order valence-corrected chi connectivity index (χ3v) is 5.61. The van der Waals surface area contributed by atoms with Crippen LogP contribution in [-0.2, 0) is 6.54 Å². The van der Waals surface area contributed by atoms with Gasteiger partial charge < -0.3 is 14.8 Å². The van der Waals surface area contributed by atoms with Crippen LogP contribution in [0, 0.1) is 6.92 Å². The summed E-state index contributed by atoms with van der Waals surface area (Å²) in [4.78, 5) is 15.0. The molecule has 2 aromatic carbocycles. The third-order valence-electron chi connectivity index (χ3n) is 5.29. The van der Waals surface area contributed by atoms with Gasteiger partial charge in [-0.3, -0.25) is 9.69 Å². The average molecular weight is 417 g/mol. The van der Waals surface area contributed by atoms with E-state index in [-0.39, 0.29) is 11.9 Å². The van der Waals surface area contributed by atoms with Crippen LogP contribution < -0.4 is 14.8 Å². The summed E-state index contributed by atoms with van der Waals surface area (Å²) in [6.45, 7) is 7.25. The maximum absolute atomic E-state index is 12.6. The number of methoxy groups -OCH3 is 1. The minimum Gasteiger partial charge on any atom is -0.496 e. The number of carbonyl (C=O) groups excluding carboxylic acids is 1. The molecule has 156 valence electrons. The Hall–Kier alpha value is -2.24. The Labute approximate surface area is 177 Å². The molecular formula is C23H29ClN2O3. The minimum absolute atomic E-state index is 0.0409. The molecule has 0 unspecified atom stereocenters. The number of piperidine rings is 1. The van der Waals surface area contributed by atoms with E-state index in [1.54, 1.807) is 13.2 Å². The van der Waals surface area contributed by atoms with Gasteiger partial charge in [-0.1, -0.05) is 23.7 Å². The van der Waals surface area contributed by atoms with E-state index in [4.69, 9.17) is 21.1 Å². The summed E-state index contributed by atoms with van der Waals surface area (Å²) in [6.07, 6.45) is 1.86. The second-order valence-electron chi connectivity index (χ2n) is 7.41. The van der Waals surface area contributed by atoms with E-state index in [1.807, 2.05) is 44.2 Å². The Morgan fingerprint density at radius 2 is 1.93 bits per heavy atom. The molecule has 1 N–H and O–H groups in total. The molecular weight excluding hydrogens is 388 g/mol. The Bertz CT molecular complexity index is 848. The molecule has 1 fully saturated rings. The third kappa shape index (κ3) is 5.64. The van der Waals surface area contributed by atoms with Gasteiger partial charge in [-0.2, -0.15) is 0 Å². The first kappa shape index (κ1) is 21.5. The molecule has 1 amide bonds. The minimum atomic E-state index is -0.0409. The van der Waals surface area contributed by atoms with E-state index < -0.39 is 0 Å². The van der Waals surface area contributed by atoms with Gasteiger partial charge in [-0.25, -0.2) is 0 Å². The Balaban J connectivity index is 1.52. The first-order valence-corrected chi connectivity index (χ1v) is 10.5. The van der Waals surface area contributed by atoms with Crippen molar-refractivity contribution >= 4 is 17.5 Å². The van der Waals surface area contributed by atoms with Gasteiger partial charge in [0.15, 0.2) is 0 Å². The van der Waals surface area contributed by atoms with Crippen molar-refractivity contribution in [2.45, 2.75) is 39.3 Å². The molecule has 0 atom stereocenters. The lowest BCUT2D eigenvalue weighted by Crippen LogP contribution is -2.44. The van der Waals surface area contributed by atoms with E-state index in [0.717, 1.165) is 49.5 Å². The van der Waals surface area contributed by atoms with Crippen LogP contribution in [0.15, 0.2) is 36.4 Å². The molecule has 2 aromatic rings. The SMILES string of the molecule is CCOc1cc(CN2CCC(NC(=O)c3ccc(C)c(OC)c3)CC2)ccc1Cl. The number of nitrogens with one attached hydrogen (secondary N) is 1. The highest BCUT2D eigenvalue weighted by Gasteiger charge is 2.22. The van der Waals surface area contributed by atoms with Crippen molar-refractivity contribution in [3.8, 4) is 11.5 Å². The molecule has 1 heterocycles. The van der Waals surface area contributed by atoms with E-state index in [9.17, 15) is 4.79 Å². The van der Waals surface area contributed by atoms with E-state index in [2.05, 4.69) is 10.2 Å². The van der Waals surface area contributed by atoms with Gasteiger partial charge in [-0.05, 0) is 62.1 Å². The number of hydrogen-bond acceptors (Lipinski definition) is 4. The molecule has 3 rings (SSSR count). The predicted molar refractivity (Wildman–Crippen MR) is 116 cm³/mol. The molecule has 0 radical (unpaired) electrons. The monoisotopic (exact) mass is 416 g/mol. The van der Waals surface area contributed by atoms with Gasteiger partial charge in [0.25, 0.3) is 5.91 Å². The molecule has 0 aromatic heterocycles. The van der Waals surface area contributed by atoms with E-state index >= 15 is 0 Å². The molecule has 29 heavy (non-hydrogen) atoms. The fourth-order valence-corrected chi connectivity index (χ4v) is 3.81. The molecule has 1 aliphatic rings. The lowest BCUT2D eigenvalue weighted by atomic mass is 10.0. The van der Waals surface area contributed by atoms with Gasteiger partial charge in [0, 0.05) is 31.2 Å². The lowest BCUT2D eigenvalue weighted by Gasteiger charge is -2.32. The second-order valence-corrected chi connectivity index (χ2v) is 7.81. The molecule has 0 bridgehead atoms. The topological polar surface area (TPSA) is 50.8 Å². The van der Waals surface area contributed by atoms with Gasteiger partial charge >= 0.3 is 0 Å². The number of benzene rings is 2. The summed E-state index contributed by atoms with van der Waals surface area (Å²) < 4.78 is 10.9. The van der Waals surface area contributed by atoms with Gasteiger partial charge in [0.05, 0.1) is 18.7 Å². The fraction of sp³-hybridized carbons (Fsp3) is 0.435. The summed E-state index contributed by atoms with van der Waals surface area (Å²) in [5, 5.41) is 3.81. The summed E-state index contributed by atoms with van der Waals surface area (Å²) in [7, 11) is 1.62. The number of carbonyl (C=O) groups is 1. The number of aryl methyl sites for hydroxylation is 1. The van der Waals surface area contributed by atoms with Crippen LogP contribution in [0.5, 0.6) is 11.5 Å². The Morgan fingerprint density at radius 1 is 1.17 bits per heavy atom. The van der Waals surface area contributed by atoms with Crippen LogP contribution in [0.1, 0.15) is 41.3 Å². The highest BCUT2D eigenvalue weighted by atomic mass is 35.5. The van der Waals surface area contributed by atoms with Crippen LogP contribution in [0.25, 0.3) is 0 Å². The van der Waals surface area contributed by atoms with Gasteiger partial charge in [0.1, 0.15) is 11.5 Å². The molecule has 5 nitrogen and oxygen atoms in total. The number of amides is 1. The number of hydrogen-bond donors (Lipinski definition) is 1. The first-order valence-electron chi connectivity index (χ1n) is 10.1. The van der Waals surface area contributed by atoms with Crippen molar-refractivity contribution in [1.29, 1.82) is 0 Å². The van der Waals surface area contributed by atoms with Crippen molar-refractivity contribution in [2.24, 2.45) is 0 Å². The standard InChI is InChI=1S/C23H29ClN2O3/c1-4-29-22-13-17(6-8-20(22)24)15-26-11-9-19(10-12-26)25-23(27)18-7-5-16(2)21(14-18)28-3/h5-8,13-14,19H,4,9-12,15H2,1-3H3,(H,25,27). The lowest BCUT2D eigenvalue weighted by molar-refractivity contribution is 0.0908. The van der Waals surface area contributed by atoms with E-state index in [0.29, 0.717) is 17.2 Å². The van der Waals surface area contributed by atoms with Crippen LogP contribution in [0.3, 0.4) is 0 Å². The number of nitrogens with zero attached hydrogens (tertiary/aromatic N) is 1. The number of rotatable bonds is 7. The average Bonchev–Trinajstić information content (AvgIpc) is 2.72. The maximum Gasteiger partial charge on any atom is 0.251 e. The molecule has 6 heteroatoms. The predicted octanol–water partition coefficient (Wildman–Crippen LogP) is 4.45. The summed E-state index contributed by atoms with van der Waals surface area (Å²) >= 11 is 6.18. The Morgan fingerprint density at radius 3 is 2.62 bits per heavy atom. The fourth-order valence-electron chi connectivity index (χ4n) is 3.64. The number of likely N-dealkylation sites (tertiary alicyclic amines) is 1. The largest absolute Gasteiger partial charge is 0.496 e. The molecule has 1 saturated heterocycles. The van der Waals surface area contributed by atoms with Crippen molar-refractivity contribution < 1.29 is 14.3 Å². The number of ether oxygens (including phenoxy) is 2. The van der Waals surface area contributed by atoms with Crippen molar-refractivity contribution in [3.05, 3.63) is 58.1 Å². The highest BCUT2D eigenvalue weighted by molar-refractivity contribution is 6.32. The van der Waals surface area contributed by atoms with Crippen molar-refractivity contribution in [1.82, 2.24) is 10.2 Å². The zero-order chi connectivity index (χ0) is 20.8. The molecule has 0 saturated carbocycles. The summed E-state index contributed by atoms with van der Waals surface area (Å²) in [5.74, 6) is 1.44. The number of halogens is 1. The van der Waals surface area contributed by atoms with Crippen LogP contribution in [0.4, 0.5) is 0 Å². The van der Waals surface area contributed by atoms with Crippen LogP contribution >= 0.6 is 11.6 Å². The van der Waals surface area contributed by atoms with Crippen LogP contribution in [-0.4, -0.2) is 43.7 Å². The molecule has 1 aliphatic heterocycles. The molecule has 0 spiro atoms.